The summed E-state index contributed by atoms with van der Waals surface area (Å²) in [6.45, 7) is 0. The molecule has 0 radical (unpaired) electrons. The molecule has 0 amide bonds. The molecule has 2 aromatic heterocycles. The second-order valence-electron chi connectivity index (χ2n) is 3.85. The second kappa shape index (κ2) is 4.29. The van der Waals surface area contributed by atoms with Gasteiger partial charge in [-0.05, 0) is 24.3 Å². The number of nitrogens with zero attached hydrogens (tertiary/aromatic N) is 4. The molecule has 2 N–H and O–H groups in total. The average Bonchev–Trinajstić information content (AvgIpc) is 2.90. The van der Waals surface area contributed by atoms with Crippen molar-refractivity contribution in [3.05, 3.63) is 54.9 Å². The number of hydrogen-bond acceptors (Lipinski definition) is 4. The number of hydrogen-bond donors (Lipinski definition) is 1. The molecule has 0 saturated carbocycles. The van der Waals surface area contributed by atoms with E-state index in [1.165, 1.54) is 0 Å². The van der Waals surface area contributed by atoms with Gasteiger partial charge in [-0.25, -0.2) is 4.68 Å². The van der Waals surface area contributed by atoms with Crippen molar-refractivity contribution in [1.82, 2.24) is 20.0 Å². The van der Waals surface area contributed by atoms with Gasteiger partial charge in [0.2, 0.25) is 0 Å². The number of benzene rings is 1. The Kier molecular flexibility index (Phi) is 2.49. The molecule has 0 spiro atoms. The highest BCUT2D eigenvalue weighted by Gasteiger charge is 2.04. The molecule has 3 rings (SSSR count). The maximum atomic E-state index is 5.51. The number of nitrogen functional groups attached to an aromatic ring is 1. The largest absolute Gasteiger partial charge is 0.382 e. The van der Waals surface area contributed by atoms with Gasteiger partial charge >= 0.3 is 0 Å². The van der Waals surface area contributed by atoms with Gasteiger partial charge in [0.1, 0.15) is 5.82 Å². The van der Waals surface area contributed by atoms with Crippen molar-refractivity contribution in [1.29, 1.82) is 0 Å². The lowest BCUT2D eigenvalue weighted by Crippen LogP contribution is -1.94. The summed E-state index contributed by atoms with van der Waals surface area (Å²) in [6, 6.07) is 13.5. The van der Waals surface area contributed by atoms with Crippen molar-refractivity contribution in [2.75, 3.05) is 5.73 Å². The Morgan fingerprint density at radius 3 is 2.50 bits per heavy atom. The Morgan fingerprint density at radius 2 is 1.78 bits per heavy atom. The summed E-state index contributed by atoms with van der Waals surface area (Å²) in [5.74, 6) is 0.411. The number of aromatic nitrogens is 4. The van der Waals surface area contributed by atoms with Crippen LogP contribution in [0, 0.1) is 0 Å². The van der Waals surface area contributed by atoms with Crippen LogP contribution in [0.15, 0.2) is 54.9 Å². The first-order valence-electron chi connectivity index (χ1n) is 5.52. The highest BCUT2D eigenvalue weighted by molar-refractivity contribution is 5.57. The van der Waals surface area contributed by atoms with Crippen molar-refractivity contribution < 1.29 is 0 Å². The van der Waals surface area contributed by atoms with Gasteiger partial charge in [-0.2, -0.15) is 5.10 Å². The number of para-hydroxylation sites is 1. The van der Waals surface area contributed by atoms with Crippen LogP contribution in [0.5, 0.6) is 0 Å². The van der Waals surface area contributed by atoms with Gasteiger partial charge in [0.25, 0.3) is 0 Å². The van der Waals surface area contributed by atoms with Crippen LogP contribution in [0.2, 0.25) is 0 Å². The summed E-state index contributed by atoms with van der Waals surface area (Å²) in [7, 11) is 0. The first kappa shape index (κ1) is 10.5. The number of anilines is 1. The fraction of sp³-hybridized carbons (Fsp3) is 0. The maximum Gasteiger partial charge on any atom is 0.146 e. The van der Waals surface area contributed by atoms with Crippen molar-refractivity contribution in [2.45, 2.75) is 0 Å². The van der Waals surface area contributed by atoms with Crippen molar-refractivity contribution in [3.8, 4) is 16.9 Å². The first-order valence-corrected chi connectivity index (χ1v) is 5.52. The van der Waals surface area contributed by atoms with Crippen LogP contribution >= 0.6 is 0 Å². The Balaban J connectivity index is 1.97. The molecule has 2 heterocycles. The van der Waals surface area contributed by atoms with Gasteiger partial charge in [0, 0.05) is 11.8 Å². The minimum absolute atomic E-state index is 0.411. The molecule has 5 nitrogen and oxygen atoms in total. The van der Waals surface area contributed by atoms with E-state index in [0.717, 1.165) is 16.9 Å². The van der Waals surface area contributed by atoms with Gasteiger partial charge in [-0.15, -0.1) is 10.2 Å². The smallest absolute Gasteiger partial charge is 0.146 e. The van der Waals surface area contributed by atoms with E-state index in [0.29, 0.717) is 5.82 Å². The molecule has 5 heteroatoms. The van der Waals surface area contributed by atoms with E-state index in [-0.39, 0.29) is 0 Å². The maximum absolute atomic E-state index is 5.51. The Morgan fingerprint density at radius 1 is 0.944 bits per heavy atom. The lowest BCUT2D eigenvalue weighted by atomic mass is 10.2. The molecule has 3 aromatic rings. The Hall–Kier alpha value is -2.69. The minimum atomic E-state index is 0.411. The molecule has 0 aliphatic carbocycles. The molecule has 0 aliphatic rings. The summed E-state index contributed by atoms with van der Waals surface area (Å²) in [6.07, 6.45) is 3.67. The van der Waals surface area contributed by atoms with Gasteiger partial charge < -0.3 is 5.73 Å². The van der Waals surface area contributed by atoms with E-state index >= 15 is 0 Å². The average molecular weight is 237 g/mol. The molecular weight excluding hydrogens is 226 g/mol. The second-order valence-corrected chi connectivity index (χ2v) is 3.85. The normalized spacial score (nSPS) is 10.4. The van der Waals surface area contributed by atoms with Crippen LogP contribution in [0.1, 0.15) is 0 Å². The van der Waals surface area contributed by atoms with Gasteiger partial charge in [0.05, 0.1) is 17.6 Å². The summed E-state index contributed by atoms with van der Waals surface area (Å²) in [4.78, 5) is 0. The first-order chi connectivity index (χ1) is 8.83. The minimum Gasteiger partial charge on any atom is -0.382 e. The molecule has 0 unspecified atom stereocenters. The third kappa shape index (κ3) is 1.93. The predicted octanol–water partition coefficient (Wildman–Crippen LogP) is 1.91. The molecule has 0 saturated heterocycles. The zero-order valence-corrected chi connectivity index (χ0v) is 9.56. The topological polar surface area (TPSA) is 69.6 Å². The summed E-state index contributed by atoms with van der Waals surface area (Å²) >= 11 is 0. The molecule has 0 bridgehead atoms. The Labute approximate surface area is 104 Å². The van der Waals surface area contributed by atoms with Crippen LogP contribution < -0.4 is 5.73 Å². The van der Waals surface area contributed by atoms with Crippen LogP contribution in [0.4, 0.5) is 5.82 Å². The zero-order chi connectivity index (χ0) is 12.4. The SMILES string of the molecule is Nc1ccc(-c2cnn(-c3ccccc3)c2)nn1. The molecule has 88 valence electrons. The number of nitrogens with two attached hydrogens (primary N) is 1. The van der Waals surface area contributed by atoms with Gasteiger partial charge in [-0.3, -0.25) is 0 Å². The number of rotatable bonds is 2. The van der Waals surface area contributed by atoms with Crippen LogP contribution in [0.3, 0.4) is 0 Å². The molecule has 0 atom stereocenters. The molecule has 18 heavy (non-hydrogen) atoms. The van der Waals surface area contributed by atoms with E-state index in [2.05, 4.69) is 15.3 Å². The standard InChI is InChI=1S/C13H11N5/c14-13-7-6-12(16-17-13)10-8-15-18(9-10)11-4-2-1-3-5-11/h1-9H,(H2,14,17). The quantitative estimate of drug-likeness (QED) is 0.739. The lowest BCUT2D eigenvalue weighted by Gasteiger charge is -1.99. The fourth-order valence-electron chi connectivity index (χ4n) is 1.67. The van der Waals surface area contributed by atoms with Crippen molar-refractivity contribution in [2.24, 2.45) is 0 Å². The highest BCUT2D eigenvalue weighted by atomic mass is 15.3. The monoisotopic (exact) mass is 237 g/mol. The third-order valence-corrected chi connectivity index (χ3v) is 2.58. The lowest BCUT2D eigenvalue weighted by molar-refractivity contribution is 0.880. The van der Waals surface area contributed by atoms with Crippen LogP contribution in [0.25, 0.3) is 16.9 Å². The molecule has 0 aliphatic heterocycles. The summed E-state index contributed by atoms with van der Waals surface area (Å²) in [5.41, 5.74) is 8.18. The van der Waals surface area contributed by atoms with Crippen molar-refractivity contribution >= 4 is 5.82 Å². The van der Waals surface area contributed by atoms with Gasteiger partial charge in [0.15, 0.2) is 0 Å². The predicted molar refractivity (Wildman–Crippen MR) is 69.0 cm³/mol. The highest BCUT2D eigenvalue weighted by Crippen LogP contribution is 2.17. The van der Waals surface area contributed by atoms with E-state index < -0.39 is 0 Å². The van der Waals surface area contributed by atoms with Crippen molar-refractivity contribution in [3.63, 3.8) is 0 Å². The third-order valence-electron chi connectivity index (χ3n) is 2.58. The van der Waals surface area contributed by atoms with E-state index in [4.69, 9.17) is 5.73 Å². The van der Waals surface area contributed by atoms with E-state index in [1.807, 2.05) is 42.6 Å². The van der Waals surface area contributed by atoms with E-state index in [1.54, 1.807) is 16.9 Å². The van der Waals surface area contributed by atoms with Crippen LogP contribution in [-0.2, 0) is 0 Å². The molecule has 0 fully saturated rings. The summed E-state index contributed by atoms with van der Waals surface area (Å²) in [5, 5.41) is 12.2. The summed E-state index contributed by atoms with van der Waals surface area (Å²) < 4.78 is 1.80. The fourth-order valence-corrected chi connectivity index (χ4v) is 1.67. The van der Waals surface area contributed by atoms with Crippen LogP contribution in [-0.4, -0.2) is 20.0 Å². The molecular formula is C13H11N5. The van der Waals surface area contributed by atoms with Gasteiger partial charge in [-0.1, -0.05) is 18.2 Å². The Bertz CT molecular complexity index is 643. The molecule has 1 aromatic carbocycles. The van der Waals surface area contributed by atoms with E-state index in [9.17, 15) is 0 Å². The zero-order valence-electron chi connectivity index (χ0n) is 9.56.